The van der Waals surface area contributed by atoms with Crippen molar-refractivity contribution in [1.29, 1.82) is 0 Å². The largest absolute Gasteiger partial charge is 0.542 e. The second-order valence-corrected chi connectivity index (χ2v) is 22.4. The Morgan fingerprint density at radius 1 is 0.891 bits per heavy atom. The van der Waals surface area contributed by atoms with Crippen LogP contribution < -0.4 is 4.43 Å². The van der Waals surface area contributed by atoms with Gasteiger partial charge in [0, 0.05) is 30.5 Å². The third kappa shape index (κ3) is 9.23. The highest BCUT2D eigenvalue weighted by Gasteiger charge is 2.51. The molecule has 3 amide bonds. The van der Waals surface area contributed by atoms with E-state index in [1.54, 1.807) is 20.8 Å². The van der Waals surface area contributed by atoms with Crippen molar-refractivity contribution in [2.24, 2.45) is 0 Å². The Labute approximate surface area is 325 Å². The molecule has 1 fully saturated rings. The van der Waals surface area contributed by atoms with Crippen LogP contribution in [0.5, 0.6) is 5.75 Å². The zero-order valence-electron chi connectivity index (χ0n) is 33.5. The summed E-state index contributed by atoms with van der Waals surface area (Å²) >= 11 is 0. The molecule has 1 N–H and O–H groups in total. The molecule has 0 saturated carbocycles. The number of hydrogen-bond donors (Lipinski definition) is 1. The molecule has 9 nitrogen and oxygen atoms in total. The maximum absolute atomic E-state index is 14.7. The summed E-state index contributed by atoms with van der Waals surface area (Å²) in [5.41, 5.74) is 0.124. The van der Waals surface area contributed by atoms with E-state index in [1.165, 1.54) is 4.90 Å². The number of carbonyl (C=O) groups is 3. The third-order valence-corrected chi connectivity index (χ3v) is 16.9. The van der Waals surface area contributed by atoms with Gasteiger partial charge in [-0.2, -0.15) is 0 Å². The SMILES string of the molecule is CC(C)[Si](Oc1cccc2c1CN(C(=O)OC(C)(C)C)C(C[C@@](O)(Cc1cc(F)cc(F)c1)C(=O)N1C(=O)OC[C@@H]1Cc1ccccc1)C2)(C(C)C)C(C)C. The summed E-state index contributed by atoms with van der Waals surface area (Å²) in [6.45, 7) is 18.4. The average Bonchev–Trinajstić information content (AvgIpc) is 3.43. The third-order valence-electron chi connectivity index (χ3n) is 11.0. The summed E-state index contributed by atoms with van der Waals surface area (Å²) in [5.74, 6) is -2.05. The van der Waals surface area contributed by atoms with Gasteiger partial charge in [0.2, 0.25) is 0 Å². The lowest BCUT2D eigenvalue weighted by atomic mass is 9.81. The number of aliphatic hydroxyl groups is 1. The van der Waals surface area contributed by atoms with Gasteiger partial charge in [-0.1, -0.05) is 84.0 Å². The van der Waals surface area contributed by atoms with Gasteiger partial charge in [-0.15, -0.1) is 0 Å². The molecule has 2 aliphatic rings. The monoisotopic (exact) mass is 778 g/mol. The van der Waals surface area contributed by atoms with Gasteiger partial charge in [0.05, 0.1) is 12.6 Å². The zero-order valence-corrected chi connectivity index (χ0v) is 34.5. The smallest absolute Gasteiger partial charge is 0.417 e. The summed E-state index contributed by atoms with van der Waals surface area (Å²) in [5, 5.41) is 12.7. The van der Waals surface area contributed by atoms with Crippen LogP contribution in [0.15, 0.2) is 66.7 Å². The van der Waals surface area contributed by atoms with Gasteiger partial charge in [-0.25, -0.2) is 23.3 Å². The maximum Gasteiger partial charge on any atom is 0.417 e. The van der Waals surface area contributed by atoms with Crippen molar-refractivity contribution in [3.05, 3.63) is 101 Å². The molecule has 2 heterocycles. The predicted molar refractivity (Wildman–Crippen MR) is 209 cm³/mol. The highest BCUT2D eigenvalue weighted by atomic mass is 28.4. The lowest BCUT2D eigenvalue weighted by Crippen LogP contribution is -2.58. The van der Waals surface area contributed by atoms with Gasteiger partial charge in [-0.05, 0) is 85.1 Å². The van der Waals surface area contributed by atoms with Gasteiger partial charge in [0.25, 0.3) is 14.2 Å². The summed E-state index contributed by atoms with van der Waals surface area (Å²) in [7, 11) is -2.42. The number of nitrogens with zero attached hydrogens (tertiary/aromatic N) is 2. The summed E-state index contributed by atoms with van der Waals surface area (Å²) < 4.78 is 47.5. The van der Waals surface area contributed by atoms with E-state index in [9.17, 15) is 28.3 Å². The topological polar surface area (TPSA) is 106 Å². The first kappa shape index (κ1) is 41.9. The number of carbonyl (C=O) groups excluding carboxylic acids is 3. The number of fused-ring (bicyclic) bond motifs is 1. The quantitative estimate of drug-likeness (QED) is 0.183. The molecule has 1 saturated heterocycles. The Morgan fingerprint density at radius 3 is 2.09 bits per heavy atom. The summed E-state index contributed by atoms with van der Waals surface area (Å²) in [6, 6.07) is 16.3. The van der Waals surface area contributed by atoms with Gasteiger partial charge in [0.15, 0.2) is 0 Å². The number of cyclic esters (lactones) is 1. The Balaban J connectivity index is 1.59. The van der Waals surface area contributed by atoms with E-state index in [4.69, 9.17) is 13.9 Å². The Hall–Kier alpha value is -4.29. The summed E-state index contributed by atoms with van der Waals surface area (Å²) in [4.78, 5) is 44.5. The van der Waals surface area contributed by atoms with Crippen molar-refractivity contribution < 1.29 is 42.2 Å². The van der Waals surface area contributed by atoms with Crippen LogP contribution in [0.3, 0.4) is 0 Å². The van der Waals surface area contributed by atoms with Crippen LogP contribution >= 0.6 is 0 Å². The molecule has 3 aromatic carbocycles. The van der Waals surface area contributed by atoms with E-state index in [0.717, 1.165) is 33.7 Å². The van der Waals surface area contributed by atoms with Gasteiger partial charge < -0.3 is 23.9 Å². The van der Waals surface area contributed by atoms with Crippen LogP contribution in [0.25, 0.3) is 0 Å². The molecule has 3 aromatic rings. The Bertz CT molecular complexity index is 1820. The molecule has 3 atom stereocenters. The highest BCUT2D eigenvalue weighted by Crippen LogP contribution is 2.45. The second-order valence-electron chi connectivity index (χ2n) is 17.1. The van der Waals surface area contributed by atoms with E-state index in [1.807, 2.05) is 48.5 Å². The van der Waals surface area contributed by atoms with E-state index < -0.39 is 67.8 Å². The van der Waals surface area contributed by atoms with E-state index in [0.29, 0.717) is 28.4 Å². The molecule has 5 rings (SSSR count). The van der Waals surface area contributed by atoms with Crippen molar-refractivity contribution in [2.75, 3.05) is 6.61 Å². The fraction of sp³-hybridized carbons (Fsp3) is 0.512. The number of rotatable bonds is 12. The molecule has 0 aliphatic carbocycles. The minimum Gasteiger partial charge on any atom is -0.542 e. The second kappa shape index (κ2) is 16.4. The molecule has 12 heteroatoms. The minimum atomic E-state index is -2.42. The number of amides is 3. The van der Waals surface area contributed by atoms with E-state index in [-0.39, 0.29) is 38.0 Å². The van der Waals surface area contributed by atoms with Crippen molar-refractivity contribution in [1.82, 2.24) is 9.80 Å². The molecular weight excluding hydrogens is 723 g/mol. The first-order valence-corrected chi connectivity index (χ1v) is 21.4. The maximum atomic E-state index is 14.7. The van der Waals surface area contributed by atoms with Crippen LogP contribution in [0.2, 0.25) is 16.6 Å². The van der Waals surface area contributed by atoms with E-state index >= 15 is 0 Å². The van der Waals surface area contributed by atoms with E-state index in [2.05, 4.69) is 41.5 Å². The normalized spacial score (nSPS) is 18.7. The molecule has 55 heavy (non-hydrogen) atoms. The van der Waals surface area contributed by atoms with Crippen LogP contribution in [0.4, 0.5) is 18.4 Å². The molecular formula is C43H56F2N2O7Si. The lowest BCUT2D eigenvalue weighted by Gasteiger charge is -2.45. The molecule has 0 spiro atoms. The Morgan fingerprint density at radius 2 is 1.51 bits per heavy atom. The fourth-order valence-electron chi connectivity index (χ4n) is 8.65. The Kier molecular flexibility index (Phi) is 12.5. The molecule has 0 aromatic heterocycles. The first-order valence-electron chi connectivity index (χ1n) is 19.2. The van der Waals surface area contributed by atoms with Crippen LogP contribution in [0, 0.1) is 11.6 Å². The first-order chi connectivity index (χ1) is 25.7. The van der Waals surface area contributed by atoms with Gasteiger partial charge in [-0.3, -0.25) is 4.79 Å². The zero-order chi connectivity index (χ0) is 40.5. The molecule has 0 bridgehead atoms. The molecule has 0 radical (unpaired) electrons. The fourth-order valence-corrected chi connectivity index (χ4v) is 13.9. The molecule has 298 valence electrons. The predicted octanol–water partition coefficient (Wildman–Crippen LogP) is 9.13. The van der Waals surface area contributed by atoms with Crippen LogP contribution in [-0.2, 0) is 40.1 Å². The number of ether oxygens (including phenoxy) is 2. The minimum absolute atomic E-state index is 0.00796. The number of halogens is 2. The number of benzene rings is 3. The number of imide groups is 1. The standard InChI is InChI=1S/C43H56F2N2O7Si/c1-27(2)55(28(3)4,29(5)6)54-38-17-13-16-32-21-35(46(25-37(32)38)40(49)53-42(7,8)9)24-43(51,23-31-18-33(44)22-34(45)19-31)39(48)47-36(26-52-41(47)50)20-30-14-11-10-12-15-30/h10-19,22,27-29,35-36,51H,20-21,23-26H2,1-9H3/t35?,36-,43-/m0/s1. The van der Waals surface area contributed by atoms with Gasteiger partial charge in [0.1, 0.15) is 35.2 Å². The van der Waals surface area contributed by atoms with Crippen LogP contribution in [-0.4, -0.2) is 71.2 Å². The van der Waals surface area contributed by atoms with Crippen LogP contribution in [0.1, 0.15) is 91.0 Å². The average molecular weight is 779 g/mol. The highest BCUT2D eigenvalue weighted by molar-refractivity contribution is 6.78. The lowest BCUT2D eigenvalue weighted by molar-refractivity contribution is -0.151. The van der Waals surface area contributed by atoms with Crippen molar-refractivity contribution in [3.8, 4) is 5.75 Å². The van der Waals surface area contributed by atoms with Crippen molar-refractivity contribution in [3.63, 3.8) is 0 Å². The molecule has 2 aliphatic heterocycles. The van der Waals surface area contributed by atoms with Crippen molar-refractivity contribution in [2.45, 2.75) is 134 Å². The van der Waals surface area contributed by atoms with Crippen molar-refractivity contribution >= 4 is 26.4 Å². The summed E-state index contributed by atoms with van der Waals surface area (Å²) in [6.07, 6.45) is -2.04. The number of hydrogen-bond acceptors (Lipinski definition) is 7. The molecule has 1 unspecified atom stereocenters. The van der Waals surface area contributed by atoms with Gasteiger partial charge >= 0.3 is 12.2 Å².